The lowest BCUT2D eigenvalue weighted by Gasteiger charge is -1.91. The molecule has 5 heteroatoms. The zero-order valence-electron chi connectivity index (χ0n) is 6.50. The molecule has 0 radical (unpaired) electrons. The van der Waals surface area contributed by atoms with E-state index in [1.165, 1.54) is 0 Å². The lowest BCUT2D eigenvalue weighted by molar-refractivity contribution is 0.929. The molecule has 1 aromatic rings. The molecule has 1 rings (SSSR count). The molecule has 3 N–H and O–H groups in total. The summed E-state index contributed by atoms with van der Waals surface area (Å²) in [6, 6.07) is 0. The van der Waals surface area contributed by atoms with Gasteiger partial charge in [-0.05, 0) is 19.9 Å². The summed E-state index contributed by atoms with van der Waals surface area (Å²) in [5.74, 6) is 1.86. The summed E-state index contributed by atoms with van der Waals surface area (Å²) >= 11 is 1.63. The Balaban J connectivity index is 2.27. The van der Waals surface area contributed by atoms with E-state index in [1.807, 2.05) is 6.92 Å². The zero-order chi connectivity index (χ0) is 8.10. The van der Waals surface area contributed by atoms with E-state index in [2.05, 4.69) is 15.2 Å². The number of aryl methyl sites for hydroxylation is 1. The summed E-state index contributed by atoms with van der Waals surface area (Å²) in [5, 5.41) is 7.57. The third kappa shape index (κ3) is 2.90. The van der Waals surface area contributed by atoms with E-state index in [-0.39, 0.29) is 0 Å². The van der Waals surface area contributed by atoms with Crippen LogP contribution in [0.3, 0.4) is 0 Å². The van der Waals surface area contributed by atoms with E-state index >= 15 is 0 Å². The van der Waals surface area contributed by atoms with Gasteiger partial charge in [-0.3, -0.25) is 5.10 Å². The van der Waals surface area contributed by atoms with Crippen molar-refractivity contribution in [1.29, 1.82) is 0 Å². The van der Waals surface area contributed by atoms with E-state index in [0.29, 0.717) is 0 Å². The minimum atomic E-state index is 0.733. The van der Waals surface area contributed by atoms with Crippen LogP contribution in [-0.2, 0) is 0 Å². The van der Waals surface area contributed by atoms with Crippen molar-refractivity contribution in [2.24, 2.45) is 5.73 Å². The van der Waals surface area contributed by atoms with Crippen molar-refractivity contribution < 1.29 is 0 Å². The molecule has 0 amide bonds. The molecule has 0 bridgehead atoms. The first-order valence-electron chi connectivity index (χ1n) is 3.55. The van der Waals surface area contributed by atoms with Gasteiger partial charge in [0.1, 0.15) is 5.82 Å². The number of hydrogen-bond donors (Lipinski definition) is 2. The van der Waals surface area contributed by atoms with Crippen LogP contribution < -0.4 is 5.73 Å². The fourth-order valence-electron chi connectivity index (χ4n) is 0.634. The highest BCUT2D eigenvalue weighted by molar-refractivity contribution is 7.99. The topological polar surface area (TPSA) is 67.6 Å². The van der Waals surface area contributed by atoms with Gasteiger partial charge >= 0.3 is 0 Å². The number of nitrogens with one attached hydrogen (secondary N) is 1. The summed E-state index contributed by atoms with van der Waals surface area (Å²) in [4.78, 5) is 4.14. The maximum atomic E-state index is 5.34. The average molecular weight is 172 g/mol. The average Bonchev–Trinajstić information content (AvgIpc) is 2.37. The van der Waals surface area contributed by atoms with Gasteiger partial charge in [-0.1, -0.05) is 11.8 Å². The Hall–Kier alpha value is -0.550. The molecule has 62 valence electrons. The molecule has 0 saturated heterocycles. The number of rotatable bonds is 4. The molecule has 0 aliphatic carbocycles. The summed E-state index contributed by atoms with van der Waals surface area (Å²) in [7, 11) is 0. The highest BCUT2D eigenvalue weighted by atomic mass is 32.2. The highest BCUT2D eigenvalue weighted by Crippen LogP contribution is 2.11. The van der Waals surface area contributed by atoms with E-state index in [0.717, 1.165) is 29.7 Å². The van der Waals surface area contributed by atoms with Crippen LogP contribution in [0, 0.1) is 6.92 Å². The van der Waals surface area contributed by atoms with Crippen molar-refractivity contribution in [3.05, 3.63) is 5.82 Å². The Bertz CT molecular complexity index is 210. The van der Waals surface area contributed by atoms with Crippen molar-refractivity contribution in [1.82, 2.24) is 15.2 Å². The molecule has 11 heavy (non-hydrogen) atoms. The van der Waals surface area contributed by atoms with Crippen LogP contribution >= 0.6 is 11.8 Å². The Morgan fingerprint density at radius 2 is 2.45 bits per heavy atom. The minimum absolute atomic E-state index is 0.733. The second-order valence-corrected chi connectivity index (χ2v) is 3.26. The van der Waals surface area contributed by atoms with Gasteiger partial charge < -0.3 is 5.73 Å². The lowest BCUT2D eigenvalue weighted by Crippen LogP contribution is -1.99. The predicted molar refractivity (Wildman–Crippen MR) is 45.5 cm³/mol. The Kier molecular flexibility index (Phi) is 3.38. The number of aromatic amines is 1. The summed E-state index contributed by atoms with van der Waals surface area (Å²) in [6.07, 6.45) is 1.01. The third-order valence-corrected chi connectivity index (χ3v) is 2.09. The zero-order valence-corrected chi connectivity index (χ0v) is 7.32. The number of thioether (sulfide) groups is 1. The molecule has 0 atom stereocenters. The van der Waals surface area contributed by atoms with Crippen molar-refractivity contribution in [3.63, 3.8) is 0 Å². The number of hydrogen-bond acceptors (Lipinski definition) is 4. The van der Waals surface area contributed by atoms with Crippen molar-refractivity contribution in [2.45, 2.75) is 18.5 Å². The summed E-state index contributed by atoms with van der Waals surface area (Å²) in [5.41, 5.74) is 5.34. The lowest BCUT2D eigenvalue weighted by atomic mass is 10.5. The second kappa shape index (κ2) is 4.35. The van der Waals surface area contributed by atoms with Gasteiger partial charge in [-0.2, -0.15) is 0 Å². The van der Waals surface area contributed by atoms with Crippen molar-refractivity contribution in [2.75, 3.05) is 12.3 Å². The van der Waals surface area contributed by atoms with Crippen molar-refractivity contribution >= 4 is 11.8 Å². The molecule has 4 nitrogen and oxygen atoms in total. The standard InChI is InChI=1S/C6H12N4S/c1-5-8-6(10-9-5)11-4-2-3-7/h2-4,7H2,1H3,(H,8,9,10). The van der Waals surface area contributed by atoms with Crippen LogP contribution in [0.5, 0.6) is 0 Å². The maximum absolute atomic E-state index is 5.34. The van der Waals surface area contributed by atoms with Crippen LogP contribution in [0.1, 0.15) is 12.2 Å². The minimum Gasteiger partial charge on any atom is -0.330 e. The quantitative estimate of drug-likeness (QED) is 0.514. The van der Waals surface area contributed by atoms with Crippen LogP contribution in [-0.4, -0.2) is 27.5 Å². The molecule has 1 aromatic heterocycles. The van der Waals surface area contributed by atoms with Crippen LogP contribution in [0.25, 0.3) is 0 Å². The molecule has 0 unspecified atom stereocenters. The Morgan fingerprint density at radius 3 is 3.00 bits per heavy atom. The SMILES string of the molecule is Cc1nc(SCCCN)n[nH]1. The van der Waals surface area contributed by atoms with Gasteiger partial charge in [0.05, 0.1) is 0 Å². The van der Waals surface area contributed by atoms with Crippen molar-refractivity contribution in [3.8, 4) is 0 Å². The number of nitrogens with two attached hydrogens (primary N) is 1. The van der Waals surface area contributed by atoms with Gasteiger partial charge in [0.2, 0.25) is 5.16 Å². The number of aromatic nitrogens is 3. The molecule has 1 heterocycles. The van der Waals surface area contributed by atoms with Gasteiger partial charge in [0.25, 0.3) is 0 Å². The third-order valence-electron chi connectivity index (χ3n) is 1.16. The van der Waals surface area contributed by atoms with E-state index < -0.39 is 0 Å². The smallest absolute Gasteiger partial charge is 0.208 e. The van der Waals surface area contributed by atoms with Crippen LogP contribution in [0.15, 0.2) is 5.16 Å². The first kappa shape index (κ1) is 8.55. The molecular weight excluding hydrogens is 160 g/mol. The molecule has 0 aliphatic rings. The van der Waals surface area contributed by atoms with Crippen LogP contribution in [0.4, 0.5) is 0 Å². The Morgan fingerprint density at radius 1 is 1.64 bits per heavy atom. The normalized spacial score (nSPS) is 10.4. The first-order valence-corrected chi connectivity index (χ1v) is 4.53. The van der Waals surface area contributed by atoms with E-state index in [1.54, 1.807) is 11.8 Å². The Labute approximate surface area is 70.0 Å². The molecule has 0 spiro atoms. The summed E-state index contributed by atoms with van der Waals surface area (Å²) in [6.45, 7) is 2.62. The number of nitrogens with zero attached hydrogens (tertiary/aromatic N) is 2. The van der Waals surface area contributed by atoms with Gasteiger partial charge in [0.15, 0.2) is 0 Å². The maximum Gasteiger partial charge on any atom is 0.208 e. The molecular formula is C6H12N4S. The van der Waals surface area contributed by atoms with Gasteiger partial charge in [0, 0.05) is 5.75 Å². The molecule has 0 aromatic carbocycles. The largest absolute Gasteiger partial charge is 0.330 e. The predicted octanol–water partition coefficient (Wildman–Crippen LogP) is 0.554. The molecule has 0 fully saturated rings. The fraction of sp³-hybridized carbons (Fsp3) is 0.667. The van der Waals surface area contributed by atoms with E-state index in [4.69, 9.17) is 5.73 Å². The monoisotopic (exact) mass is 172 g/mol. The first-order chi connectivity index (χ1) is 5.33. The highest BCUT2D eigenvalue weighted by Gasteiger charge is 1.98. The van der Waals surface area contributed by atoms with E-state index in [9.17, 15) is 0 Å². The molecule has 0 aliphatic heterocycles. The number of H-pyrrole nitrogens is 1. The fourth-order valence-corrected chi connectivity index (χ4v) is 1.44. The molecule has 0 saturated carbocycles. The summed E-state index contributed by atoms with van der Waals surface area (Å²) < 4.78 is 0. The van der Waals surface area contributed by atoms with Crippen LogP contribution in [0.2, 0.25) is 0 Å². The van der Waals surface area contributed by atoms with Gasteiger partial charge in [-0.15, -0.1) is 5.10 Å². The second-order valence-electron chi connectivity index (χ2n) is 2.19. The van der Waals surface area contributed by atoms with Gasteiger partial charge in [-0.25, -0.2) is 4.98 Å².